The molecule has 0 atom stereocenters. The van der Waals surface area contributed by atoms with Gasteiger partial charge in [-0.3, -0.25) is 5.10 Å². The van der Waals surface area contributed by atoms with Crippen molar-refractivity contribution in [1.29, 1.82) is 0 Å². The average molecular weight is 453 g/mol. The van der Waals surface area contributed by atoms with Gasteiger partial charge in [0, 0.05) is 15.6 Å². The van der Waals surface area contributed by atoms with Crippen LogP contribution in [0.4, 0.5) is 0 Å². The summed E-state index contributed by atoms with van der Waals surface area (Å²) in [5, 5.41) is 21.5. The third kappa shape index (κ3) is 2.98. The van der Waals surface area contributed by atoms with Crippen LogP contribution in [0.3, 0.4) is 0 Å². The smallest absolute Gasteiger partial charge is 0.235 e. The Labute approximate surface area is 172 Å². The van der Waals surface area contributed by atoms with Crippen LogP contribution in [-0.2, 0) is 0 Å². The number of rotatable bonds is 4. The van der Waals surface area contributed by atoms with Crippen LogP contribution in [0, 0.1) is 0 Å². The van der Waals surface area contributed by atoms with E-state index < -0.39 is 0 Å². The summed E-state index contributed by atoms with van der Waals surface area (Å²) in [6.45, 7) is 0. The molecule has 0 fully saturated rings. The fraction of sp³-hybridized carbons (Fsp3) is 0.0526. The van der Waals surface area contributed by atoms with Crippen molar-refractivity contribution in [3.8, 4) is 39.1 Å². The van der Waals surface area contributed by atoms with Crippen molar-refractivity contribution in [3.63, 3.8) is 0 Å². The molecule has 0 saturated carbocycles. The van der Waals surface area contributed by atoms with E-state index in [0.717, 1.165) is 42.7 Å². The minimum Gasteiger partial charge on any atom is -0.497 e. The Kier molecular flexibility index (Phi) is 4.18. The maximum Gasteiger partial charge on any atom is 0.235 e. The van der Waals surface area contributed by atoms with Crippen LogP contribution < -0.4 is 4.74 Å². The first-order valence-corrected chi connectivity index (χ1v) is 10.0. The van der Waals surface area contributed by atoms with Crippen LogP contribution in [-0.4, -0.2) is 37.1 Å². The van der Waals surface area contributed by atoms with Crippen LogP contribution in [0.15, 0.2) is 59.1 Å². The van der Waals surface area contributed by atoms with Gasteiger partial charge in [0.15, 0.2) is 10.8 Å². The van der Waals surface area contributed by atoms with Crippen LogP contribution in [0.1, 0.15) is 0 Å². The Balaban J connectivity index is 1.51. The molecule has 7 nitrogen and oxygen atoms in total. The number of H-pyrrole nitrogens is 1. The molecule has 2 aromatic carbocycles. The molecule has 0 aliphatic carbocycles. The number of benzene rings is 2. The Bertz CT molecular complexity index is 1270. The van der Waals surface area contributed by atoms with Crippen molar-refractivity contribution in [2.45, 2.75) is 0 Å². The second-order valence-corrected chi connectivity index (χ2v) is 7.90. The molecule has 28 heavy (non-hydrogen) atoms. The number of ether oxygens (including phenoxy) is 1. The van der Waals surface area contributed by atoms with Gasteiger partial charge in [0.2, 0.25) is 4.96 Å². The molecule has 0 aliphatic rings. The molecule has 0 bridgehead atoms. The standard InChI is InChI=1S/C19H13BrN6OS/c1-27-14-7-5-11(6-8-14)15-10-16(22-21-15)18-25-26-17(23-24-19(26)28-18)12-3-2-4-13(20)9-12/h2-10H,1H3,(H,21,22). The minimum absolute atomic E-state index is 0.702. The van der Waals surface area contributed by atoms with Crippen molar-refractivity contribution in [2.75, 3.05) is 7.11 Å². The highest BCUT2D eigenvalue weighted by Crippen LogP contribution is 2.30. The summed E-state index contributed by atoms with van der Waals surface area (Å²) in [7, 11) is 1.65. The first-order valence-electron chi connectivity index (χ1n) is 8.39. The average Bonchev–Trinajstić information content (AvgIpc) is 3.43. The predicted molar refractivity (Wildman–Crippen MR) is 111 cm³/mol. The van der Waals surface area contributed by atoms with Gasteiger partial charge in [-0.15, -0.1) is 10.2 Å². The first kappa shape index (κ1) is 17.1. The normalized spacial score (nSPS) is 11.2. The summed E-state index contributed by atoms with van der Waals surface area (Å²) >= 11 is 4.95. The van der Waals surface area contributed by atoms with Gasteiger partial charge < -0.3 is 4.74 Å². The zero-order chi connectivity index (χ0) is 19.1. The minimum atomic E-state index is 0.702. The van der Waals surface area contributed by atoms with Crippen LogP contribution in [0.25, 0.3) is 38.3 Å². The Hall–Kier alpha value is -3.04. The molecule has 1 N–H and O–H groups in total. The molecule has 0 amide bonds. The SMILES string of the molecule is COc1ccc(-c2cc(-c3nn4c(-c5cccc(Br)c5)nnc4s3)[nH]n2)cc1. The second kappa shape index (κ2) is 6.84. The molecule has 0 aliphatic heterocycles. The van der Waals surface area contributed by atoms with E-state index >= 15 is 0 Å². The molecule has 3 aromatic heterocycles. The second-order valence-electron chi connectivity index (χ2n) is 6.03. The maximum absolute atomic E-state index is 5.20. The van der Waals surface area contributed by atoms with Crippen molar-refractivity contribution in [3.05, 3.63) is 59.1 Å². The van der Waals surface area contributed by atoms with E-state index in [1.807, 2.05) is 54.6 Å². The van der Waals surface area contributed by atoms with Crippen LogP contribution >= 0.6 is 27.3 Å². The summed E-state index contributed by atoms with van der Waals surface area (Å²) < 4.78 is 7.95. The lowest BCUT2D eigenvalue weighted by Crippen LogP contribution is -1.91. The van der Waals surface area contributed by atoms with Crippen LogP contribution in [0.2, 0.25) is 0 Å². The third-order valence-electron chi connectivity index (χ3n) is 4.27. The Morgan fingerprint density at radius 3 is 2.68 bits per heavy atom. The van der Waals surface area contributed by atoms with E-state index in [1.54, 1.807) is 11.6 Å². The number of hydrogen-bond donors (Lipinski definition) is 1. The Morgan fingerprint density at radius 1 is 1.04 bits per heavy atom. The highest BCUT2D eigenvalue weighted by Gasteiger charge is 2.16. The summed E-state index contributed by atoms with van der Waals surface area (Å²) in [6.07, 6.45) is 0. The van der Waals surface area contributed by atoms with Crippen molar-refractivity contribution >= 4 is 32.2 Å². The molecular weight excluding hydrogens is 440 g/mol. The molecule has 0 unspecified atom stereocenters. The number of aromatic amines is 1. The zero-order valence-electron chi connectivity index (χ0n) is 14.6. The zero-order valence-corrected chi connectivity index (χ0v) is 17.0. The molecule has 138 valence electrons. The number of nitrogens with zero attached hydrogens (tertiary/aromatic N) is 5. The number of aromatic nitrogens is 6. The van der Waals surface area contributed by atoms with Gasteiger partial charge in [-0.1, -0.05) is 39.4 Å². The number of fused-ring (bicyclic) bond motifs is 1. The topological polar surface area (TPSA) is 81.0 Å². The van der Waals surface area contributed by atoms with Gasteiger partial charge in [-0.05, 0) is 42.5 Å². The van der Waals surface area contributed by atoms with E-state index in [-0.39, 0.29) is 0 Å². The summed E-state index contributed by atoms with van der Waals surface area (Å²) in [5.41, 5.74) is 3.63. The van der Waals surface area contributed by atoms with Crippen molar-refractivity contribution in [1.82, 2.24) is 30.0 Å². The molecule has 5 aromatic rings. The van der Waals surface area contributed by atoms with E-state index in [4.69, 9.17) is 4.74 Å². The van der Waals surface area contributed by atoms with Crippen molar-refractivity contribution in [2.24, 2.45) is 0 Å². The van der Waals surface area contributed by atoms with E-state index in [2.05, 4.69) is 41.4 Å². The van der Waals surface area contributed by atoms with E-state index in [9.17, 15) is 0 Å². The highest BCUT2D eigenvalue weighted by molar-refractivity contribution is 9.10. The van der Waals surface area contributed by atoms with Gasteiger partial charge in [-0.25, -0.2) is 0 Å². The lowest BCUT2D eigenvalue weighted by atomic mass is 10.1. The van der Waals surface area contributed by atoms with Crippen LogP contribution in [0.5, 0.6) is 5.75 Å². The summed E-state index contributed by atoms with van der Waals surface area (Å²) in [6, 6.07) is 17.7. The number of hydrogen-bond acceptors (Lipinski definition) is 6. The van der Waals surface area contributed by atoms with Gasteiger partial charge in [0.25, 0.3) is 0 Å². The molecule has 0 spiro atoms. The van der Waals surface area contributed by atoms with E-state index in [1.165, 1.54) is 11.3 Å². The summed E-state index contributed by atoms with van der Waals surface area (Å²) in [5.74, 6) is 1.52. The monoisotopic (exact) mass is 452 g/mol. The maximum atomic E-state index is 5.20. The van der Waals surface area contributed by atoms with Crippen molar-refractivity contribution < 1.29 is 4.74 Å². The fourth-order valence-electron chi connectivity index (χ4n) is 2.87. The Morgan fingerprint density at radius 2 is 1.89 bits per heavy atom. The third-order valence-corrected chi connectivity index (χ3v) is 5.69. The number of methoxy groups -OCH3 is 1. The van der Waals surface area contributed by atoms with E-state index in [0.29, 0.717) is 5.82 Å². The molecular formula is C19H13BrN6OS. The van der Waals surface area contributed by atoms with Gasteiger partial charge in [0.1, 0.15) is 5.75 Å². The van der Waals surface area contributed by atoms with Gasteiger partial charge in [-0.2, -0.15) is 14.7 Å². The number of halogens is 1. The van der Waals surface area contributed by atoms with Gasteiger partial charge >= 0.3 is 0 Å². The molecule has 9 heteroatoms. The lowest BCUT2D eigenvalue weighted by molar-refractivity contribution is 0.415. The quantitative estimate of drug-likeness (QED) is 0.428. The number of nitrogens with one attached hydrogen (secondary N) is 1. The molecule has 5 rings (SSSR count). The largest absolute Gasteiger partial charge is 0.497 e. The molecule has 0 radical (unpaired) electrons. The first-order chi connectivity index (χ1) is 13.7. The fourth-order valence-corrected chi connectivity index (χ4v) is 4.08. The highest BCUT2D eigenvalue weighted by atomic mass is 79.9. The molecule has 3 heterocycles. The lowest BCUT2D eigenvalue weighted by Gasteiger charge is -1.99. The van der Waals surface area contributed by atoms with Gasteiger partial charge in [0.05, 0.1) is 18.5 Å². The predicted octanol–water partition coefficient (Wildman–Crippen LogP) is 4.68. The molecule has 0 saturated heterocycles. The summed E-state index contributed by atoms with van der Waals surface area (Å²) in [4.78, 5) is 0.727.